The number of rotatable bonds is 4. The smallest absolute Gasteiger partial charge is 0.433 e. The van der Waals surface area contributed by atoms with Gasteiger partial charge in [0.25, 0.3) is 0 Å². The number of hydrogen-bond donors (Lipinski definition) is 0. The van der Waals surface area contributed by atoms with Gasteiger partial charge in [-0.1, -0.05) is 17.2 Å². The van der Waals surface area contributed by atoms with E-state index in [9.17, 15) is 17.7 Å². The standard InChI is InChI=1S/C23H28F3N5OS/c24-23(25,26)19-3-1-2-18(27-19)20-28-21(31(29-20)16-6-7-16)15-4-5-17(12-15)30-10-8-22(9-11-30)13-33(32)14-22/h1-3,15-17H,4-14H2. The van der Waals surface area contributed by atoms with Crippen LogP contribution >= 0.6 is 0 Å². The van der Waals surface area contributed by atoms with Gasteiger partial charge in [-0.2, -0.15) is 13.2 Å². The zero-order valence-electron chi connectivity index (χ0n) is 18.4. The molecule has 0 amide bonds. The van der Waals surface area contributed by atoms with Gasteiger partial charge in [-0.15, -0.1) is 5.10 Å². The van der Waals surface area contributed by atoms with Crippen LogP contribution in [0.3, 0.4) is 0 Å². The Morgan fingerprint density at radius 3 is 2.39 bits per heavy atom. The van der Waals surface area contributed by atoms with Crippen molar-refractivity contribution in [2.24, 2.45) is 5.41 Å². The summed E-state index contributed by atoms with van der Waals surface area (Å²) in [5.41, 5.74) is -0.402. The van der Waals surface area contributed by atoms with Crippen LogP contribution in [0.15, 0.2) is 18.2 Å². The molecule has 4 aliphatic rings. The second-order valence-electron chi connectivity index (χ2n) is 10.3. The minimum absolute atomic E-state index is 0.180. The van der Waals surface area contributed by atoms with Crippen molar-refractivity contribution >= 4 is 11.2 Å². The van der Waals surface area contributed by atoms with Crippen LogP contribution < -0.4 is 0 Å². The van der Waals surface area contributed by atoms with Crippen molar-refractivity contribution in [1.82, 2.24) is 24.6 Å². The molecule has 0 N–H and O–H groups in total. The van der Waals surface area contributed by atoms with E-state index in [2.05, 4.69) is 15.0 Å². The van der Waals surface area contributed by atoms with E-state index >= 15 is 0 Å². The molecule has 6 nitrogen and oxygen atoms in total. The molecule has 2 saturated heterocycles. The minimum atomic E-state index is -4.49. The van der Waals surface area contributed by atoms with Crippen molar-refractivity contribution in [2.45, 2.75) is 69.1 Å². The lowest BCUT2D eigenvalue weighted by Gasteiger charge is -2.48. The summed E-state index contributed by atoms with van der Waals surface area (Å²) < 4.78 is 53.0. The predicted molar refractivity (Wildman–Crippen MR) is 118 cm³/mol. The Kier molecular flexibility index (Phi) is 5.26. The summed E-state index contributed by atoms with van der Waals surface area (Å²) in [5, 5.41) is 4.63. The maximum atomic E-state index is 13.1. The Balaban J connectivity index is 1.18. The van der Waals surface area contributed by atoms with E-state index < -0.39 is 23.0 Å². The third-order valence-electron chi connectivity index (χ3n) is 7.90. The average molecular weight is 480 g/mol. The summed E-state index contributed by atoms with van der Waals surface area (Å²) in [6, 6.07) is 4.72. The van der Waals surface area contributed by atoms with E-state index in [4.69, 9.17) is 4.98 Å². The third-order valence-corrected chi connectivity index (χ3v) is 9.77. The SMILES string of the molecule is [O-][S+]1CC2(CCN(C3CCC(c4nc(-c5cccc(C(F)(F)F)n5)nn4C4CC4)C3)CC2)C1. The fourth-order valence-corrected chi connectivity index (χ4v) is 7.70. The van der Waals surface area contributed by atoms with E-state index in [0.717, 1.165) is 81.4 Å². The zero-order chi connectivity index (χ0) is 22.8. The lowest BCUT2D eigenvalue weighted by molar-refractivity contribution is -0.141. The number of aromatic nitrogens is 4. The van der Waals surface area contributed by atoms with E-state index in [1.54, 1.807) is 6.07 Å². The highest BCUT2D eigenvalue weighted by atomic mass is 32.2. The van der Waals surface area contributed by atoms with Gasteiger partial charge >= 0.3 is 6.18 Å². The van der Waals surface area contributed by atoms with Gasteiger partial charge in [0.05, 0.1) is 11.5 Å². The first kappa shape index (κ1) is 21.9. The largest absolute Gasteiger partial charge is 0.616 e. The first-order valence-electron chi connectivity index (χ1n) is 11.9. The molecule has 178 valence electrons. The Hall–Kier alpha value is -1.65. The molecule has 1 spiro atoms. The van der Waals surface area contributed by atoms with Gasteiger partial charge in [0.1, 0.15) is 28.7 Å². The van der Waals surface area contributed by atoms with Crippen LogP contribution in [0.5, 0.6) is 0 Å². The number of halogens is 3. The quantitative estimate of drug-likeness (QED) is 0.616. The summed E-state index contributed by atoms with van der Waals surface area (Å²) in [6.45, 7) is 2.15. The molecule has 2 unspecified atom stereocenters. The summed E-state index contributed by atoms with van der Waals surface area (Å²) in [5.74, 6) is 3.24. The summed E-state index contributed by atoms with van der Waals surface area (Å²) in [4.78, 5) is 11.1. The molecule has 6 rings (SSSR count). The van der Waals surface area contributed by atoms with Gasteiger partial charge in [0.15, 0.2) is 5.82 Å². The highest BCUT2D eigenvalue weighted by Gasteiger charge is 2.50. The molecule has 2 aliphatic carbocycles. The van der Waals surface area contributed by atoms with Crippen molar-refractivity contribution in [3.05, 3.63) is 29.7 Å². The molecule has 2 aliphatic heterocycles. The number of nitrogens with zero attached hydrogens (tertiary/aromatic N) is 5. The molecule has 0 radical (unpaired) electrons. The predicted octanol–water partition coefficient (Wildman–Crippen LogP) is 4.17. The maximum absolute atomic E-state index is 13.1. The van der Waals surface area contributed by atoms with Gasteiger partial charge in [-0.05, 0) is 70.2 Å². The van der Waals surface area contributed by atoms with Crippen LogP contribution in [-0.4, -0.2) is 59.8 Å². The lowest BCUT2D eigenvalue weighted by Crippen LogP contribution is -2.55. The highest BCUT2D eigenvalue weighted by Crippen LogP contribution is 2.46. The van der Waals surface area contributed by atoms with Gasteiger partial charge in [-0.25, -0.2) is 14.6 Å². The molecular weight excluding hydrogens is 451 g/mol. The molecule has 2 aromatic rings. The number of hydrogen-bond acceptors (Lipinski definition) is 5. The normalized spacial score (nSPS) is 28.4. The summed E-state index contributed by atoms with van der Waals surface area (Å²) in [6.07, 6.45) is 3.02. The van der Waals surface area contributed by atoms with Crippen LogP contribution in [0.2, 0.25) is 0 Å². The van der Waals surface area contributed by atoms with Crippen molar-refractivity contribution in [3.8, 4) is 11.5 Å². The summed E-state index contributed by atoms with van der Waals surface area (Å²) in [7, 11) is 0. The Morgan fingerprint density at radius 2 is 1.73 bits per heavy atom. The van der Waals surface area contributed by atoms with E-state index in [1.807, 2.05) is 4.68 Å². The second-order valence-corrected chi connectivity index (χ2v) is 11.8. The fourth-order valence-electron chi connectivity index (χ4n) is 5.84. The number of pyridine rings is 1. The Labute approximate surface area is 194 Å². The van der Waals surface area contributed by atoms with Crippen LogP contribution in [-0.2, 0) is 17.4 Å². The average Bonchev–Trinajstić information content (AvgIpc) is 3.33. The van der Waals surface area contributed by atoms with E-state index in [0.29, 0.717) is 23.3 Å². The van der Waals surface area contributed by atoms with E-state index in [-0.39, 0.29) is 11.6 Å². The Morgan fingerprint density at radius 1 is 1.00 bits per heavy atom. The third kappa shape index (κ3) is 4.18. The van der Waals surface area contributed by atoms with Crippen molar-refractivity contribution in [2.75, 3.05) is 24.6 Å². The van der Waals surface area contributed by atoms with Crippen molar-refractivity contribution < 1.29 is 17.7 Å². The lowest BCUT2D eigenvalue weighted by atomic mass is 9.80. The number of likely N-dealkylation sites (tertiary alicyclic amines) is 1. The van der Waals surface area contributed by atoms with Gasteiger partial charge in [0.2, 0.25) is 0 Å². The van der Waals surface area contributed by atoms with Crippen molar-refractivity contribution in [3.63, 3.8) is 0 Å². The van der Waals surface area contributed by atoms with Gasteiger partial charge in [-0.3, -0.25) is 0 Å². The molecule has 2 atom stereocenters. The zero-order valence-corrected chi connectivity index (χ0v) is 19.2. The number of alkyl halides is 3. The van der Waals surface area contributed by atoms with Crippen LogP contribution in [0.1, 0.15) is 68.4 Å². The molecule has 10 heteroatoms. The first-order valence-corrected chi connectivity index (χ1v) is 13.4. The number of piperidine rings is 1. The minimum Gasteiger partial charge on any atom is -0.616 e. The van der Waals surface area contributed by atoms with Crippen LogP contribution in [0.4, 0.5) is 13.2 Å². The fraction of sp³-hybridized carbons (Fsp3) is 0.696. The van der Waals surface area contributed by atoms with Crippen molar-refractivity contribution in [1.29, 1.82) is 0 Å². The molecule has 33 heavy (non-hydrogen) atoms. The molecule has 2 saturated carbocycles. The van der Waals surface area contributed by atoms with E-state index in [1.165, 1.54) is 6.07 Å². The molecule has 4 heterocycles. The van der Waals surface area contributed by atoms with Gasteiger partial charge in [0, 0.05) is 12.0 Å². The molecule has 0 bridgehead atoms. The van der Waals surface area contributed by atoms with Gasteiger partial charge < -0.3 is 9.45 Å². The molecular formula is C23H28F3N5OS. The first-order chi connectivity index (χ1) is 15.8. The topological polar surface area (TPSA) is 69.9 Å². The highest BCUT2D eigenvalue weighted by molar-refractivity contribution is 7.92. The summed E-state index contributed by atoms with van der Waals surface area (Å²) >= 11 is -0.598. The maximum Gasteiger partial charge on any atom is 0.433 e. The van der Waals surface area contributed by atoms with Crippen LogP contribution in [0, 0.1) is 5.41 Å². The Bertz CT molecular complexity index is 1020. The van der Waals surface area contributed by atoms with Crippen LogP contribution in [0.25, 0.3) is 11.5 Å². The monoisotopic (exact) mass is 479 g/mol. The molecule has 2 aromatic heterocycles. The second kappa shape index (κ2) is 7.95. The molecule has 0 aromatic carbocycles. The molecule has 4 fully saturated rings.